The molecule has 0 aromatic heterocycles. The molecule has 0 aromatic carbocycles. The van der Waals surface area contributed by atoms with Gasteiger partial charge in [0.15, 0.2) is 0 Å². The van der Waals surface area contributed by atoms with E-state index in [1.165, 1.54) is 6.92 Å². The SMILES string of the molecule is CC1C(C)C1C(C)C(F)(F)F. The van der Waals surface area contributed by atoms with E-state index in [2.05, 4.69) is 0 Å². The Morgan fingerprint density at radius 3 is 1.55 bits per heavy atom. The predicted octanol–water partition coefficient (Wildman–Crippen LogP) is 3.09. The topological polar surface area (TPSA) is 0 Å². The number of hydrogen-bond acceptors (Lipinski definition) is 0. The Hall–Kier alpha value is -0.210. The van der Waals surface area contributed by atoms with Crippen LogP contribution in [0.4, 0.5) is 13.2 Å². The molecule has 1 saturated carbocycles. The molecule has 0 spiro atoms. The standard InChI is InChI=1S/C8H13F3/c1-4-5(2)7(4)6(3)8(9,10)11/h4-7H,1-3H3. The van der Waals surface area contributed by atoms with E-state index in [4.69, 9.17) is 0 Å². The Morgan fingerprint density at radius 2 is 1.45 bits per heavy atom. The number of hydrogen-bond donors (Lipinski definition) is 0. The molecular formula is C8H13F3. The van der Waals surface area contributed by atoms with E-state index in [1.54, 1.807) is 0 Å². The fraction of sp³-hybridized carbons (Fsp3) is 1.00. The van der Waals surface area contributed by atoms with Gasteiger partial charge in [0.2, 0.25) is 0 Å². The van der Waals surface area contributed by atoms with Gasteiger partial charge in [0.1, 0.15) is 0 Å². The second kappa shape index (κ2) is 2.39. The van der Waals surface area contributed by atoms with Gasteiger partial charge in [0.05, 0.1) is 5.92 Å². The molecule has 11 heavy (non-hydrogen) atoms. The zero-order valence-corrected chi connectivity index (χ0v) is 6.94. The van der Waals surface area contributed by atoms with Gasteiger partial charge in [0.25, 0.3) is 0 Å². The summed E-state index contributed by atoms with van der Waals surface area (Å²) in [6, 6.07) is 0. The van der Waals surface area contributed by atoms with E-state index in [9.17, 15) is 13.2 Å². The fourth-order valence-corrected chi connectivity index (χ4v) is 1.83. The fourth-order valence-electron chi connectivity index (χ4n) is 1.83. The molecule has 0 radical (unpaired) electrons. The lowest BCUT2D eigenvalue weighted by molar-refractivity contribution is -0.176. The van der Waals surface area contributed by atoms with Crippen LogP contribution in [-0.2, 0) is 0 Å². The highest BCUT2D eigenvalue weighted by Crippen LogP contribution is 2.54. The maximum Gasteiger partial charge on any atom is 0.391 e. The molecule has 1 aliphatic carbocycles. The number of alkyl halides is 3. The third kappa shape index (κ3) is 1.52. The molecule has 3 unspecified atom stereocenters. The van der Waals surface area contributed by atoms with Gasteiger partial charge < -0.3 is 0 Å². The second-order valence-electron chi connectivity index (χ2n) is 3.63. The molecule has 0 N–H and O–H groups in total. The van der Waals surface area contributed by atoms with Gasteiger partial charge >= 0.3 is 6.18 Å². The van der Waals surface area contributed by atoms with Crippen molar-refractivity contribution in [1.29, 1.82) is 0 Å². The Bertz CT molecular complexity index is 142. The first-order valence-electron chi connectivity index (χ1n) is 3.92. The first-order valence-corrected chi connectivity index (χ1v) is 3.92. The molecule has 1 aliphatic rings. The van der Waals surface area contributed by atoms with Crippen molar-refractivity contribution in [3.05, 3.63) is 0 Å². The molecule has 0 heterocycles. The van der Waals surface area contributed by atoms with Crippen molar-refractivity contribution in [2.75, 3.05) is 0 Å². The molecule has 0 nitrogen and oxygen atoms in total. The van der Waals surface area contributed by atoms with Gasteiger partial charge in [-0.15, -0.1) is 0 Å². The molecule has 3 heteroatoms. The van der Waals surface area contributed by atoms with Gasteiger partial charge in [-0.1, -0.05) is 20.8 Å². The van der Waals surface area contributed by atoms with Crippen molar-refractivity contribution >= 4 is 0 Å². The summed E-state index contributed by atoms with van der Waals surface area (Å²) in [5.74, 6) is -0.735. The molecule has 3 atom stereocenters. The summed E-state index contributed by atoms with van der Waals surface area (Å²) in [5, 5.41) is 0. The van der Waals surface area contributed by atoms with Crippen LogP contribution in [0.1, 0.15) is 20.8 Å². The summed E-state index contributed by atoms with van der Waals surface area (Å²) < 4.78 is 36.3. The van der Waals surface area contributed by atoms with Gasteiger partial charge in [0, 0.05) is 0 Å². The molecule has 1 fully saturated rings. The number of halogens is 3. The zero-order valence-electron chi connectivity index (χ0n) is 6.94. The predicted molar refractivity (Wildman–Crippen MR) is 37.0 cm³/mol. The molecule has 66 valence electrons. The molecule has 0 aliphatic heterocycles. The van der Waals surface area contributed by atoms with Crippen molar-refractivity contribution in [3.8, 4) is 0 Å². The third-order valence-electron chi connectivity index (χ3n) is 3.00. The Kier molecular flexibility index (Phi) is 1.93. The molecule has 0 amide bonds. The number of rotatable bonds is 1. The van der Waals surface area contributed by atoms with Crippen LogP contribution in [0.2, 0.25) is 0 Å². The van der Waals surface area contributed by atoms with E-state index < -0.39 is 12.1 Å². The highest BCUT2D eigenvalue weighted by molar-refractivity contribution is 4.95. The van der Waals surface area contributed by atoms with Crippen LogP contribution in [0, 0.1) is 23.7 Å². The Balaban J connectivity index is 2.51. The van der Waals surface area contributed by atoms with Crippen LogP contribution in [0.25, 0.3) is 0 Å². The summed E-state index contributed by atoms with van der Waals surface area (Å²) in [6.07, 6.45) is -4.00. The zero-order chi connectivity index (χ0) is 8.81. The van der Waals surface area contributed by atoms with Gasteiger partial charge in [-0.25, -0.2) is 0 Å². The minimum absolute atomic E-state index is 0.130. The van der Waals surface area contributed by atoms with Crippen molar-refractivity contribution in [3.63, 3.8) is 0 Å². The summed E-state index contributed by atoms with van der Waals surface area (Å²) >= 11 is 0. The van der Waals surface area contributed by atoms with E-state index in [0.717, 1.165) is 0 Å². The van der Waals surface area contributed by atoms with Crippen LogP contribution < -0.4 is 0 Å². The van der Waals surface area contributed by atoms with Gasteiger partial charge in [-0.2, -0.15) is 13.2 Å². The molecule has 1 rings (SSSR count). The molecule has 0 saturated heterocycles. The smallest absolute Gasteiger partial charge is 0.171 e. The summed E-state index contributed by atoms with van der Waals surface area (Å²) in [6.45, 7) is 5.06. The lowest BCUT2D eigenvalue weighted by atomic mass is 10.0. The van der Waals surface area contributed by atoms with Gasteiger partial charge in [-0.3, -0.25) is 0 Å². The van der Waals surface area contributed by atoms with E-state index in [0.29, 0.717) is 0 Å². The van der Waals surface area contributed by atoms with E-state index in [1.807, 2.05) is 13.8 Å². The van der Waals surface area contributed by atoms with Crippen molar-refractivity contribution in [2.24, 2.45) is 23.7 Å². The quantitative estimate of drug-likeness (QED) is 0.561. The summed E-state index contributed by atoms with van der Waals surface area (Å²) in [7, 11) is 0. The maximum absolute atomic E-state index is 12.1. The van der Waals surface area contributed by atoms with Crippen LogP contribution in [-0.4, -0.2) is 6.18 Å². The second-order valence-corrected chi connectivity index (χ2v) is 3.63. The average Bonchev–Trinajstić information content (AvgIpc) is 2.38. The monoisotopic (exact) mass is 166 g/mol. The first kappa shape index (κ1) is 8.88. The molecule has 0 aromatic rings. The molecular weight excluding hydrogens is 153 g/mol. The lowest BCUT2D eigenvalue weighted by Crippen LogP contribution is -2.22. The Labute approximate surface area is 64.8 Å². The highest BCUT2D eigenvalue weighted by atomic mass is 19.4. The van der Waals surface area contributed by atoms with E-state index in [-0.39, 0.29) is 17.8 Å². The van der Waals surface area contributed by atoms with Crippen LogP contribution in [0.15, 0.2) is 0 Å². The normalized spacial score (nSPS) is 40.4. The Morgan fingerprint density at radius 1 is 1.09 bits per heavy atom. The third-order valence-corrected chi connectivity index (χ3v) is 3.00. The summed E-state index contributed by atoms with van der Waals surface area (Å²) in [4.78, 5) is 0. The average molecular weight is 166 g/mol. The summed E-state index contributed by atoms with van der Waals surface area (Å²) in [5.41, 5.74) is 0. The minimum atomic E-state index is -4.00. The van der Waals surface area contributed by atoms with Crippen molar-refractivity contribution in [1.82, 2.24) is 0 Å². The van der Waals surface area contributed by atoms with Crippen LogP contribution in [0.3, 0.4) is 0 Å². The first-order chi connectivity index (χ1) is 4.85. The van der Waals surface area contributed by atoms with Crippen molar-refractivity contribution < 1.29 is 13.2 Å². The van der Waals surface area contributed by atoms with Gasteiger partial charge in [-0.05, 0) is 17.8 Å². The highest BCUT2D eigenvalue weighted by Gasteiger charge is 2.54. The lowest BCUT2D eigenvalue weighted by Gasteiger charge is -2.14. The van der Waals surface area contributed by atoms with Crippen molar-refractivity contribution in [2.45, 2.75) is 26.9 Å². The molecule has 0 bridgehead atoms. The maximum atomic E-state index is 12.1. The minimum Gasteiger partial charge on any atom is -0.171 e. The van der Waals surface area contributed by atoms with E-state index >= 15 is 0 Å². The largest absolute Gasteiger partial charge is 0.391 e. The van der Waals surface area contributed by atoms with Crippen LogP contribution >= 0.6 is 0 Å². The van der Waals surface area contributed by atoms with Crippen LogP contribution in [0.5, 0.6) is 0 Å².